The summed E-state index contributed by atoms with van der Waals surface area (Å²) < 4.78 is 2.04. The number of hydrogen-bond acceptors (Lipinski definition) is 8. The van der Waals surface area contributed by atoms with Crippen LogP contribution in [0.25, 0.3) is 10.9 Å². The van der Waals surface area contributed by atoms with E-state index in [1.165, 1.54) is 22.7 Å². The molecule has 4 aromatic rings. The number of amides is 2. The van der Waals surface area contributed by atoms with Crippen LogP contribution in [0.5, 0.6) is 0 Å². The maximum absolute atomic E-state index is 12.9. The van der Waals surface area contributed by atoms with Crippen molar-refractivity contribution in [3.8, 4) is 0 Å². The van der Waals surface area contributed by atoms with Gasteiger partial charge in [0, 0.05) is 36.0 Å². The molecular formula is C33H41N7O2S2. The highest BCUT2D eigenvalue weighted by Crippen LogP contribution is 2.38. The van der Waals surface area contributed by atoms with Crippen molar-refractivity contribution in [1.29, 1.82) is 0 Å². The molecule has 0 saturated heterocycles. The van der Waals surface area contributed by atoms with E-state index in [9.17, 15) is 9.59 Å². The molecule has 0 bridgehead atoms. The van der Waals surface area contributed by atoms with Gasteiger partial charge in [-0.25, -0.2) is 0 Å². The Hall–Kier alpha value is -3.96. The Morgan fingerprint density at radius 2 is 1.50 bits per heavy atom. The van der Waals surface area contributed by atoms with Crippen LogP contribution < -0.4 is 10.6 Å². The van der Waals surface area contributed by atoms with Crippen molar-refractivity contribution in [2.75, 3.05) is 10.6 Å². The average Bonchev–Trinajstić information content (AvgIpc) is 3.75. The SMILES string of the molecule is C\C=C/C(=C/C)C(=C\C)/CC(=O)Nc1nnc([C@@H](CC)C[C@H](CC)c2nnc(NC(=O)Cc3cn(C)c4ccccc34)s2)s1. The van der Waals surface area contributed by atoms with E-state index in [0.29, 0.717) is 10.3 Å². The van der Waals surface area contributed by atoms with Crippen LogP contribution in [-0.4, -0.2) is 36.8 Å². The predicted octanol–water partition coefficient (Wildman–Crippen LogP) is 7.94. The highest BCUT2D eigenvalue weighted by molar-refractivity contribution is 7.15. The molecule has 0 saturated carbocycles. The zero-order valence-corrected chi connectivity index (χ0v) is 27.9. The van der Waals surface area contributed by atoms with Crippen molar-refractivity contribution >= 4 is 55.7 Å². The Kier molecular flexibility index (Phi) is 11.7. The molecule has 2 amide bonds. The summed E-state index contributed by atoms with van der Waals surface area (Å²) in [5.41, 5.74) is 4.07. The van der Waals surface area contributed by atoms with Gasteiger partial charge >= 0.3 is 0 Å². The normalized spacial score (nSPS) is 13.9. The van der Waals surface area contributed by atoms with Crippen molar-refractivity contribution in [3.05, 3.63) is 81.5 Å². The van der Waals surface area contributed by atoms with Crippen LogP contribution in [-0.2, 0) is 23.1 Å². The first kappa shape index (κ1) is 32.9. The van der Waals surface area contributed by atoms with Gasteiger partial charge in [-0.2, -0.15) is 0 Å². The summed E-state index contributed by atoms with van der Waals surface area (Å²) in [5.74, 6) is 0.0865. The molecule has 2 atom stereocenters. The number of aryl methyl sites for hydroxylation is 1. The largest absolute Gasteiger partial charge is 0.350 e. The van der Waals surface area contributed by atoms with E-state index in [-0.39, 0.29) is 36.5 Å². The fourth-order valence-electron chi connectivity index (χ4n) is 5.31. The summed E-state index contributed by atoms with van der Waals surface area (Å²) >= 11 is 2.85. The number of anilines is 2. The highest BCUT2D eigenvalue weighted by Gasteiger charge is 2.24. The lowest BCUT2D eigenvalue weighted by Crippen LogP contribution is -2.14. The summed E-state index contributed by atoms with van der Waals surface area (Å²) in [5, 5.41) is 27.2. The fourth-order valence-corrected chi connectivity index (χ4v) is 7.22. The van der Waals surface area contributed by atoms with Crippen molar-refractivity contribution < 1.29 is 9.59 Å². The average molecular weight is 632 g/mol. The van der Waals surface area contributed by atoms with E-state index in [0.717, 1.165) is 56.9 Å². The molecule has 0 aliphatic carbocycles. The van der Waals surface area contributed by atoms with Gasteiger partial charge < -0.3 is 15.2 Å². The number of rotatable bonds is 14. The molecule has 0 unspecified atom stereocenters. The summed E-state index contributed by atoms with van der Waals surface area (Å²) in [7, 11) is 1.99. The molecule has 3 aromatic heterocycles. The third-order valence-electron chi connectivity index (χ3n) is 7.69. The van der Waals surface area contributed by atoms with E-state index < -0.39 is 0 Å². The van der Waals surface area contributed by atoms with Gasteiger partial charge in [-0.1, -0.05) is 79.0 Å². The summed E-state index contributed by atoms with van der Waals surface area (Å²) in [6, 6.07) is 8.07. The number of nitrogens with one attached hydrogen (secondary N) is 2. The van der Waals surface area contributed by atoms with Crippen molar-refractivity contribution in [1.82, 2.24) is 25.0 Å². The molecule has 44 heavy (non-hydrogen) atoms. The first-order valence-corrected chi connectivity index (χ1v) is 16.7. The molecule has 11 heteroatoms. The summed E-state index contributed by atoms with van der Waals surface area (Å²) in [6.07, 6.45) is 13.1. The summed E-state index contributed by atoms with van der Waals surface area (Å²) in [6.45, 7) is 10.1. The Bertz CT molecular complexity index is 1680. The standard InChI is InChI=1S/C33H41N7O2S2/c1-7-14-21(8-2)22(9-3)18-28(41)34-32-38-36-30(43-32)23(10-4)17-24(11-5)31-37-39-33(44-31)35-29(42)19-25-20-40(6)27-16-13-12-15-26(25)27/h7-9,12-16,20,23-24H,10-11,17-19H2,1-6H3,(H,34,38,41)(H,35,39,42)/b14-7-,21-8-,22-9-/t23-,24-/m0/s1. The number of nitrogens with zero attached hydrogens (tertiary/aromatic N) is 5. The molecule has 9 nitrogen and oxygen atoms in total. The Morgan fingerprint density at radius 3 is 2.07 bits per heavy atom. The number of carbonyl (C=O) groups is 2. The lowest BCUT2D eigenvalue weighted by molar-refractivity contribution is -0.116. The molecule has 232 valence electrons. The quantitative estimate of drug-likeness (QED) is 0.137. The predicted molar refractivity (Wildman–Crippen MR) is 181 cm³/mol. The third kappa shape index (κ3) is 8.15. The van der Waals surface area contributed by atoms with Gasteiger partial charge in [0.15, 0.2) is 0 Å². The van der Waals surface area contributed by atoms with Gasteiger partial charge in [-0.3, -0.25) is 9.59 Å². The van der Waals surface area contributed by atoms with Gasteiger partial charge in [-0.15, -0.1) is 20.4 Å². The second-order valence-corrected chi connectivity index (χ2v) is 12.6. The van der Waals surface area contributed by atoms with E-state index >= 15 is 0 Å². The van der Waals surface area contributed by atoms with Crippen LogP contribution in [0.1, 0.15) is 87.7 Å². The number of allylic oxidation sites excluding steroid dienone is 5. The smallest absolute Gasteiger partial charge is 0.230 e. The van der Waals surface area contributed by atoms with E-state index in [1.54, 1.807) is 0 Å². The van der Waals surface area contributed by atoms with Crippen molar-refractivity contribution in [2.24, 2.45) is 7.05 Å². The molecule has 2 N–H and O–H groups in total. The van der Waals surface area contributed by atoms with Crippen LogP contribution in [0, 0.1) is 0 Å². The number of hydrogen-bond donors (Lipinski definition) is 2. The Labute approximate surface area is 267 Å². The lowest BCUT2D eigenvalue weighted by Gasteiger charge is -2.17. The van der Waals surface area contributed by atoms with E-state index in [2.05, 4.69) is 44.9 Å². The van der Waals surface area contributed by atoms with Crippen LogP contribution in [0.3, 0.4) is 0 Å². The third-order valence-corrected chi connectivity index (χ3v) is 9.69. The maximum Gasteiger partial charge on any atom is 0.230 e. The molecule has 3 heterocycles. The number of aromatic nitrogens is 5. The molecule has 4 rings (SSSR count). The minimum Gasteiger partial charge on any atom is -0.350 e. The molecule has 0 fully saturated rings. The Balaban J connectivity index is 1.36. The molecule has 0 radical (unpaired) electrons. The minimum atomic E-state index is -0.118. The molecule has 0 spiro atoms. The van der Waals surface area contributed by atoms with E-state index in [1.807, 2.05) is 87.2 Å². The van der Waals surface area contributed by atoms with Crippen LogP contribution in [0.15, 0.2) is 65.9 Å². The second-order valence-electron chi connectivity index (χ2n) is 10.6. The first-order valence-electron chi connectivity index (χ1n) is 15.0. The molecule has 0 aliphatic heterocycles. The Morgan fingerprint density at radius 1 is 0.886 bits per heavy atom. The molecule has 1 aromatic carbocycles. The maximum atomic E-state index is 12.9. The first-order chi connectivity index (χ1) is 21.3. The molecule has 0 aliphatic rings. The number of benzene rings is 1. The van der Waals surface area contributed by atoms with Gasteiger partial charge in [0.05, 0.1) is 12.8 Å². The summed E-state index contributed by atoms with van der Waals surface area (Å²) in [4.78, 5) is 25.7. The number of fused-ring (bicyclic) bond motifs is 1. The number of para-hydroxylation sites is 1. The fraction of sp³-hybridized carbons (Fsp3) is 0.394. The second kappa shape index (κ2) is 15.7. The van der Waals surface area contributed by atoms with Gasteiger partial charge in [0.2, 0.25) is 22.1 Å². The van der Waals surface area contributed by atoms with Crippen LogP contribution in [0.2, 0.25) is 0 Å². The topological polar surface area (TPSA) is 115 Å². The zero-order chi connectivity index (χ0) is 31.6. The lowest BCUT2D eigenvalue weighted by atomic mass is 9.91. The van der Waals surface area contributed by atoms with Gasteiger partial charge in [-0.05, 0) is 62.8 Å². The molecular weight excluding hydrogens is 591 g/mol. The zero-order valence-electron chi connectivity index (χ0n) is 26.3. The minimum absolute atomic E-state index is 0.114. The van der Waals surface area contributed by atoms with E-state index in [4.69, 9.17) is 0 Å². The highest BCUT2D eigenvalue weighted by atomic mass is 32.1. The van der Waals surface area contributed by atoms with Gasteiger partial charge in [0.25, 0.3) is 0 Å². The van der Waals surface area contributed by atoms with Crippen LogP contribution in [0.4, 0.5) is 10.3 Å². The van der Waals surface area contributed by atoms with Gasteiger partial charge in [0.1, 0.15) is 10.0 Å². The number of carbonyl (C=O) groups excluding carboxylic acids is 2. The van der Waals surface area contributed by atoms with Crippen molar-refractivity contribution in [2.45, 2.75) is 78.6 Å². The van der Waals surface area contributed by atoms with Crippen LogP contribution >= 0.6 is 22.7 Å². The monoisotopic (exact) mass is 631 g/mol. The van der Waals surface area contributed by atoms with Crippen molar-refractivity contribution in [3.63, 3.8) is 0 Å².